The van der Waals surface area contributed by atoms with Gasteiger partial charge in [0.25, 0.3) is 5.91 Å². The Balaban J connectivity index is 1.59. The Morgan fingerprint density at radius 3 is 2.72 bits per heavy atom. The minimum atomic E-state index is -0.152. The van der Waals surface area contributed by atoms with Gasteiger partial charge in [0, 0.05) is 29.1 Å². The van der Waals surface area contributed by atoms with E-state index in [0.29, 0.717) is 30.6 Å². The maximum Gasteiger partial charge on any atom is 0.251 e. The molecule has 8 nitrogen and oxygen atoms in total. The van der Waals surface area contributed by atoms with Crippen LogP contribution in [0.1, 0.15) is 32.5 Å². The summed E-state index contributed by atoms with van der Waals surface area (Å²) >= 11 is 3.05. The van der Waals surface area contributed by atoms with Gasteiger partial charge >= 0.3 is 0 Å². The second-order valence-corrected chi connectivity index (χ2v) is 10.0. The van der Waals surface area contributed by atoms with Gasteiger partial charge in [-0.2, -0.15) is 0 Å². The highest BCUT2D eigenvalue weighted by molar-refractivity contribution is 7.97. The number of rotatable bonds is 11. The second-order valence-electron chi connectivity index (χ2n) is 8.05. The van der Waals surface area contributed by atoms with E-state index < -0.39 is 0 Å². The summed E-state index contributed by atoms with van der Waals surface area (Å²) in [6, 6.07) is 20.8. The van der Waals surface area contributed by atoms with Crippen LogP contribution in [0.3, 0.4) is 0 Å². The molecule has 0 aliphatic rings. The van der Waals surface area contributed by atoms with E-state index in [1.165, 1.54) is 11.9 Å². The zero-order valence-electron chi connectivity index (χ0n) is 19.8. The zero-order chi connectivity index (χ0) is 25.5. The third kappa shape index (κ3) is 6.41. The van der Waals surface area contributed by atoms with E-state index in [4.69, 9.17) is 26.6 Å². The van der Waals surface area contributed by atoms with Crippen molar-refractivity contribution in [3.63, 3.8) is 0 Å². The van der Waals surface area contributed by atoms with Gasteiger partial charge in [-0.05, 0) is 66.4 Å². The Kier molecular flexibility index (Phi) is 8.55. The summed E-state index contributed by atoms with van der Waals surface area (Å²) in [5.41, 5.74) is 14.4. The number of hydrogen-bond donors (Lipinski definition) is 5. The van der Waals surface area contributed by atoms with E-state index >= 15 is 0 Å². The van der Waals surface area contributed by atoms with Crippen LogP contribution in [0.15, 0.2) is 71.6 Å². The quantitative estimate of drug-likeness (QED) is 0.115. The Labute approximate surface area is 218 Å². The molecule has 4 aromatic rings. The first-order chi connectivity index (χ1) is 17.5. The first-order valence-electron chi connectivity index (χ1n) is 11.4. The number of hydrogen-bond acceptors (Lipinski definition) is 8. The summed E-state index contributed by atoms with van der Waals surface area (Å²) in [5.74, 6) is 0.670. The maximum absolute atomic E-state index is 12.4. The van der Waals surface area contributed by atoms with Crippen molar-refractivity contribution in [3.05, 3.63) is 88.4 Å². The van der Waals surface area contributed by atoms with Gasteiger partial charge in [0.1, 0.15) is 16.6 Å². The maximum atomic E-state index is 12.4. The smallest absolute Gasteiger partial charge is 0.251 e. The van der Waals surface area contributed by atoms with Crippen molar-refractivity contribution in [1.82, 2.24) is 15.0 Å². The summed E-state index contributed by atoms with van der Waals surface area (Å²) < 4.78 is 9.96. The molecule has 7 N–H and O–H groups in total. The van der Waals surface area contributed by atoms with Gasteiger partial charge in [-0.1, -0.05) is 24.3 Å². The predicted molar refractivity (Wildman–Crippen MR) is 147 cm³/mol. The van der Waals surface area contributed by atoms with Crippen LogP contribution < -0.4 is 26.2 Å². The van der Waals surface area contributed by atoms with E-state index in [1.807, 2.05) is 60.7 Å². The monoisotopic (exact) mass is 520 g/mol. The lowest BCUT2D eigenvalue weighted by atomic mass is 10.0. The number of nitrogens with zero attached hydrogens (tertiary/aromatic N) is 1. The van der Waals surface area contributed by atoms with Crippen LogP contribution in [0.25, 0.3) is 10.2 Å². The van der Waals surface area contributed by atoms with E-state index in [2.05, 4.69) is 10.0 Å². The van der Waals surface area contributed by atoms with Gasteiger partial charge in [-0.15, -0.1) is 11.3 Å². The van der Waals surface area contributed by atoms with Gasteiger partial charge in [-0.3, -0.25) is 10.2 Å². The Morgan fingerprint density at radius 1 is 1.14 bits per heavy atom. The highest BCUT2D eigenvalue weighted by Gasteiger charge is 2.19. The number of amides is 1. The molecule has 1 amide bonds. The molecule has 0 unspecified atom stereocenters. The summed E-state index contributed by atoms with van der Waals surface area (Å²) in [6.45, 7) is 0.820. The lowest BCUT2D eigenvalue weighted by Crippen LogP contribution is -2.28. The number of aromatic nitrogens is 1. The molecule has 0 spiro atoms. The minimum absolute atomic E-state index is 0.0348. The van der Waals surface area contributed by atoms with Crippen molar-refractivity contribution >= 4 is 45.2 Å². The molecule has 1 atom stereocenters. The number of thiazole rings is 1. The Hall–Kier alpha value is -3.44. The largest absolute Gasteiger partial charge is 0.497 e. The molecule has 186 valence electrons. The molecule has 0 saturated heterocycles. The van der Waals surface area contributed by atoms with Gasteiger partial charge in [0.15, 0.2) is 0 Å². The highest BCUT2D eigenvalue weighted by Crippen LogP contribution is 2.33. The van der Waals surface area contributed by atoms with E-state index in [-0.39, 0.29) is 17.8 Å². The van der Waals surface area contributed by atoms with Crippen LogP contribution >= 0.6 is 23.3 Å². The van der Waals surface area contributed by atoms with E-state index in [1.54, 1.807) is 24.5 Å². The van der Waals surface area contributed by atoms with Crippen molar-refractivity contribution in [3.8, 4) is 5.75 Å². The molecule has 0 aliphatic carbocycles. The van der Waals surface area contributed by atoms with E-state index in [0.717, 1.165) is 31.4 Å². The molecular weight excluding hydrogens is 492 g/mol. The lowest BCUT2D eigenvalue weighted by Gasteiger charge is -2.17. The lowest BCUT2D eigenvalue weighted by molar-refractivity contribution is 0.0954. The number of amidine groups is 1. The fraction of sp³-hybridized carbons (Fsp3) is 0.192. The first-order valence-corrected chi connectivity index (χ1v) is 13.0. The second kappa shape index (κ2) is 12.0. The summed E-state index contributed by atoms with van der Waals surface area (Å²) in [4.78, 5) is 18.1. The number of methoxy groups -OCH3 is 1. The number of nitrogens with two attached hydrogens (primary N) is 2. The van der Waals surface area contributed by atoms with Gasteiger partial charge in [0.05, 0.1) is 23.4 Å². The number of fused-ring (bicyclic) bond motifs is 1. The fourth-order valence-corrected chi connectivity index (χ4v) is 5.54. The van der Waals surface area contributed by atoms with Crippen molar-refractivity contribution in [2.24, 2.45) is 11.5 Å². The van der Waals surface area contributed by atoms with Crippen LogP contribution in [0, 0.1) is 5.41 Å². The number of carbonyl (C=O) groups is 1. The van der Waals surface area contributed by atoms with Crippen LogP contribution in [0.4, 0.5) is 0 Å². The molecule has 3 aromatic carbocycles. The van der Waals surface area contributed by atoms with Gasteiger partial charge < -0.3 is 21.5 Å². The number of carbonyl (C=O) groups excluding carboxylic acids is 1. The summed E-state index contributed by atoms with van der Waals surface area (Å²) in [6.07, 6.45) is 0.641. The van der Waals surface area contributed by atoms with E-state index in [9.17, 15) is 4.79 Å². The normalized spacial score (nSPS) is 11.8. The molecule has 10 heteroatoms. The van der Waals surface area contributed by atoms with Crippen molar-refractivity contribution in [2.75, 3.05) is 20.2 Å². The Bertz CT molecular complexity index is 1370. The zero-order valence-corrected chi connectivity index (χ0v) is 21.4. The molecular formula is C26H28N6O2S2. The highest BCUT2D eigenvalue weighted by atomic mass is 32.2. The molecule has 4 rings (SSSR count). The Morgan fingerprint density at radius 2 is 1.94 bits per heavy atom. The number of nitrogen functional groups attached to an aromatic ring is 1. The SMILES string of the molecule is COc1ccc2nc([C@H](Cc3cccc(C(=N)N)c3)NSc3cccc(C(=O)NCCN)c3)sc2c1. The molecule has 0 aliphatic heterocycles. The molecule has 0 saturated carbocycles. The third-order valence-corrected chi connectivity index (χ3v) is 7.46. The standard InChI is InChI=1S/C26H28N6O2S2/c1-34-19-8-9-21-23(15-19)35-26(31-21)22(13-16-4-2-5-17(12-16)24(28)29)32-36-20-7-3-6-18(14-20)25(33)30-11-10-27/h2-9,12,14-15,22,32H,10-11,13,27H2,1H3,(H3,28,29)(H,30,33)/t22-/m0/s1. The molecule has 1 aromatic heterocycles. The summed E-state index contributed by atoms with van der Waals surface area (Å²) in [5, 5.41) is 11.5. The number of nitrogens with one attached hydrogen (secondary N) is 3. The molecule has 0 radical (unpaired) electrons. The van der Waals surface area contributed by atoms with Crippen LogP contribution in [0.2, 0.25) is 0 Å². The topological polar surface area (TPSA) is 139 Å². The van der Waals surface area contributed by atoms with Crippen LogP contribution in [-0.4, -0.2) is 36.9 Å². The predicted octanol–water partition coefficient (Wildman–Crippen LogP) is 3.86. The molecule has 0 fully saturated rings. The van der Waals surface area contributed by atoms with Crippen LogP contribution in [-0.2, 0) is 6.42 Å². The summed E-state index contributed by atoms with van der Waals surface area (Å²) in [7, 11) is 1.65. The first kappa shape index (κ1) is 25.6. The third-order valence-electron chi connectivity index (χ3n) is 5.43. The molecule has 1 heterocycles. The van der Waals surface area contributed by atoms with Crippen molar-refractivity contribution in [1.29, 1.82) is 5.41 Å². The van der Waals surface area contributed by atoms with Gasteiger partial charge in [0.2, 0.25) is 0 Å². The number of benzene rings is 3. The van der Waals surface area contributed by atoms with Crippen molar-refractivity contribution < 1.29 is 9.53 Å². The molecule has 36 heavy (non-hydrogen) atoms. The molecule has 0 bridgehead atoms. The van der Waals surface area contributed by atoms with Crippen LogP contribution in [0.5, 0.6) is 5.75 Å². The fourth-order valence-electron chi connectivity index (χ4n) is 3.61. The number of ether oxygens (including phenoxy) is 1. The van der Waals surface area contributed by atoms with Crippen molar-refractivity contribution in [2.45, 2.75) is 17.4 Å². The minimum Gasteiger partial charge on any atom is -0.497 e. The average Bonchev–Trinajstić information content (AvgIpc) is 3.33. The average molecular weight is 521 g/mol. The van der Waals surface area contributed by atoms with Gasteiger partial charge in [-0.25, -0.2) is 9.71 Å².